The molecule has 2 atom stereocenters. The van der Waals surface area contributed by atoms with Crippen LogP contribution < -0.4 is 0 Å². The normalized spacial score (nSPS) is 13.6. The minimum atomic E-state index is -1.06. The van der Waals surface area contributed by atoms with Crippen molar-refractivity contribution in [3.05, 3.63) is 34.4 Å². The van der Waals surface area contributed by atoms with Crippen LogP contribution in [0.4, 0.5) is 0 Å². The van der Waals surface area contributed by atoms with Crippen LogP contribution in [-0.2, 0) is 0 Å². The SMILES string of the molecule is CCCC(C)c1ccc(C(=O)O)c(C(C)CCC)c1C(=O)O. The van der Waals surface area contributed by atoms with Crippen LogP contribution in [0.2, 0.25) is 0 Å². The van der Waals surface area contributed by atoms with Crippen molar-refractivity contribution in [2.24, 2.45) is 0 Å². The van der Waals surface area contributed by atoms with E-state index in [1.165, 1.54) is 0 Å². The van der Waals surface area contributed by atoms with Crippen molar-refractivity contribution in [3.63, 3.8) is 0 Å². The molecule has 4 heteroatoms. The molecule has 2 N–H and O–H groups in total. The van der Waals surface area contributed by atoms with E-state index < -0.39 is 11.9 Å². The lowest BCUT2D eigenvalue weighted by atomic mass is 9.82. The summed E-state index contributed by atoms with van der Waals surface area (Å²) in [7, 11) is 0. The molecule has 22 heavy (non-hydrogen) atoms. The summed E-state index contributed by atoms with van der Waals surface area (Å²) in [6.45, 7) is 7.98. The highest BCUT2D eigenvalue weighted by Crippen LogP contribution is 2.34. The Hall–Kier alpha value is -1.84. The van der Waals surface area contributed by atoms with Crippen LogP contribution in [0.1, 0.15) is 97.1 Å². The first-order valence-electron chi connectivity index (χ1n) is 7.98. The molecule has 0 saturated heterocycles. The van der Waals surface area contributed by atoms with Gasteiger partial charge in [-0.05, 0) is 41.9 Å². The van der Waals surface area contributed by atoms with Gasteiger partial charge in [-0.3, -0.25) is 0 Å². The molecule has 0 saturated carbocycles. The van der Waals surface area contributed by atoms with E-state index in [4.69, 9.17) is 0 Å². The molecular weight excluding hydrogens is 280 g/mol. The monoisotopic (exact) mass is 306 g/mol. The molecule has 0 spiro atoms. The van der Waals surface area contributed by atoms with Gasteiger partial charge in [0.15, 0.2) is 0 Å². The summed E-state index contributed by atoms with van der Waals surface area (Å²) >= 11 is 0. The predicted molar refractivity (Wildman–Crippen MR) is 87.0 cm³/mol. The van der Waals surface area contributed by atoms with E-state index in [-0.39, 0.29) is 23.0 Å². The lowest BCUT2D eigenvalue weighted by molar-refractivity contribution is 0.0692. The zero-order valence-electron chi connectivity index (χ0n) is 13.8. The molecule has 0 heterocycles. The van der Waals surface area contributed by atoms with Crippen LogP contribution in [0.15, 0.2) is 12.1 Å². The minimum absolute atomic E-state index is 0.0871. The van der Waals surface area contributed by atoms with Crippen LogP contribution in [0.25, 0.3) is 0 Å². The van der Waals surface area contributed by atoms with Crippen LogP contribution in [0.5, 0.6) is 0 Å². The van der Waals surface area contributed by atoms with Crippen molar-refractivity contribution in [2.75, 3.05) is 0 Å². The van der Waals surface area contributed by atoms with Crippen LogP contribution in [-0.4, -0.2) is 22.2 Å². The summed E-state index contributed by atoms with van der Waals surface area (Å²) < 4.78 is 0. The molecule has 0 fully saturated rings. The second-order valence-corrected chi connectivity index (χ2v) is 5.98. The van der Waals surface area contributed by atoms with Crippen molar-refractivity contribution < 1.29 is 19.8 Å². The van der Waals surface area contributed by atoms with E-state index in [9.17, 15) is 19.8 Å². The first kappa shape index (κ1) is 18.2. The standard InChI is InChI=1S/C18H26O4/c1-5-7-11(3)13-9-10-14(17(19)20)15(12(4)8-6-2)16(13)18(21)22/h9-12H,5-8H2,1-4H3,(H,19,20)(H,21,22). The summed E-state index contributed by atoms with van der Waals surface area (Å²) in [5.41, 5.74) is 1.53. The number of carboxylic acid groups (broad SMARTS) is 2. The van der Waals surface area contributed by atoms with Gasteiger partial charge < -0.3 is 10.2 Å². The van der Waals surface area contributed by atoms with E-state index in [0.717, 1.165) is 31.2 Å². The topological polar surface area (TPSA) is 74.6 Å². The average molecular weight is 306 g/mol. The summed E-state index contributed by atoms with van der Waals surface area (Å²) in [6.07, 6.45) is 3.50. The number of hydrogen-bond donors (Lipinski definition) is 2. The highest BCUT2D eigenvalue weighted by Gasteiger charge is 2.27. The number of benzene rings is 1. The third kappa shape index (κ3) is 3.87. The van der Waals surface area contributed by atoms with E-state index in [0.29, 0.717) is 5.56 Å². The fourth-order valence-corrected chi connectivity index (χ4v) is 3.15. The Morgan fingerprint density at radius 2 is 1.50 bits per heavy atom. The van der Waals surface area contributed by atoms with Gasteiger partial charge in [0.1, 0.15) is 0 Å². The van der Waals surface area contributed by atoms with Gasteiger partial charge in [0, 0.05) is 0 Å². The highest BCUT2D eigenvalue weighted by molar-refractivity contribution is 5.98. The quantitative estimate of drug-likeness (QED) is 0.717. The zero-order chi connectivity index (χ0) is 16.9. The van der Waals surface area contributed by atoms with Crippen molar-refractivity contribution in [1.29, 1.82) is 0 Å². The third-order valence-corrected chi connectivity index (χ3v) is 4.19. The van der Waals surface area contributed by atoms with Gasteiger partial charge in [-0.25, -0.2) is 9.59 Å². The van der Waals surface area contributed by atoms with E-state index in [1.807, 2.05) is 20.8 Å². The fourth-order valence-electron chi connectivity index (χ4n) is 3.15. The van der Waals surface area contributed by atoms with Gasteiger partial charge in [-0.15, -0.1) is 0 Å². The molecule has 1 aromatic rings. The first-order chi connectivity index (χ1) is 10.3. The molecule has 2 unspecified atom stereocenters. The molecule has 0 aliphatic carbocycles. The first-order valence-corrected chi connectivity index (χ1v) is 7.98. The lowest BCUT2D eigenvalue weighted by Gasteiger charge is -2.22. The average Bonchev–Trinajstić information content (AvgIpc) is 2.45. The van der Waals surface area contributed by atoms with Crippen LogP contribution in [0.3, 0.4) is 0 Å². The Balaban J connectivity index is 3.60. The van der Waals surface area contributed by atoms with Crippen molar-refractivity contribution >= 4 is 11.9 Å². The molecule has 0 aliphatic rings. The molecule has 1 aromatic carbocycles. The van der Waals surface area contributed by atoms with Gasteiger partial charge in [0.2, 0.25) is 0 Å². The van der Waals surface area contributed by atoms with Gasteiger partial charge in [0.05, 0.1) is 11.1 Å². The number of aromatic carboxylic acids is 2. The minimum Gasteiger partial charge on any atom is -0.478 e. The van der Waals surface area contributed by atoms with E-state index in [1.54, 1.807) is 12.1 Å². The molecule has 0 amide bonds. The van der Waals surface area contributed by atoms with E-state index in [2.05, 4.69) is 6.92 Å². The Morgan fingerprint density at radius 3 is 1.95 bits per heavy atom. The Kier molecular flexibility index (Phi) is 6.60. The largest absolute Gasteiger partial charge is 0.478 e. The fraction of sp³-hybridized carbons (Fsp3) is 0.556. The van der Waals surface area contributed by atoms with Gasteiger partial charge >= 0.3 is 11.9 Å². The summed E-state index contributed by atoms with van der Waals surface area (Å²) in [6, 6.07) is 3.24. The van der Waals surface area contributed by atoms with E-state index >= 15 is 0 Å². The maximum Gasteiger partial charge on any atom is 0.336 e. The summed E-state index contributed by atoms with van der Waals surface area (Å²) in [4.78, 5) is 23.4. The summed E-state index contributed by atoms with van der Waals surface area (Å²) in [5, 5.41) is 19.1. The number of carboxylic acids is 2. The molecule has 0 aromatic heterocycles. The third-order valence-electron chi connectivity index (χ3n) is 4.19. The molecule has 122 valence electrons. The van der Waals surface area contributed by atoms with Crippen LogP contribution >= 0.6 is 0 Å². The lowest BCUT2D eigenvalue weighted by Crippen LogP contribution is -2.16. The Bertz CT molecular complexity index is 548. The van der Waals surface area contributed by atoms with Crippen molar-refractivity contribution in [1.82, 2.24) is 0 Å². The number of carbonyl (C=O) groups is 2. The predicted octanol–water partition coefficient (Wildman–Crippen LogP) is 4.89. The second-order valence-electron chi connectivity index (χ2n) is 5.98. The van der Waals surface area contributed by atoms with Gasteiger partial charge in [0.25, 0.3) is 0 Å². The Morgan fingerprint density at radius 1 is 0.955 bits per heavy atom. The molecule has 0 radical (unpaired) electrons. The zero-order valence-corrected chi connectivity index (χ0v) is 13.8. The molecule has 4 nitrogen and oxygen atoms in total. The second kappa shape index (κ2) is 7.97. The number of hydrogen-bond acceptors (Lipinski definition) is 2. The van der Waals surface area contributed by atoms with Crippen molar-refractivity contribution in [3.8, 4) is 0 Å². The van der Waals surface area contributed by atoms with Crippen molar-refractivity contribution in [2.45, 2.75) is 65.2 Å². The highest BCUT2D eigenvalue weighted by atomic mass is 16.4. The number of rotatable bonds is 8. The molecule has 0 bridgehead atoms. The van der Waals surface area contributed by atoms with Crippen LogP contribution in [0, 0.1) is 0 Å². The maximum atomic E-state index is 11.8. The molecular formula is C18H26O4. The Labute approximate surface area is 132 Å². The summed E-state index contributed by atoms with van der Waals surface area (Å²) in [5.74, 6) is -2.07. The molecule has 0 aliphatic heterocycles. The van der Waals surface area contributed by atoms with Gasteiger partial charge in [-0.2, -0.15) is 0 Å². The smallest absolute Gasteiger partial charge is 0.336 e. The molecule has 1 rings (SSSR count). The van der Waals surface area contributed by atoms with Gasteiger partial charge in [-0.1, -0.05) is 46.6 Å². The maximum absolute atomic E-state index is 11.8.